The minimum absolute atomic E-state index is 0.539. The minimum atomic E-state index is 0.539. The molecule has 0 aliphatic heterocycles. The Morgan fingerprint density at radius 1 is 1.04 bits per heavy atom. The van der Waals surface area contributed by atoms with Gasteiger partial charge < -0.3 is 10.2 Å². The zero-order valence-electron chi connectivity index (χ0n) is 13.6. The van der Waals surface area contributed by atoms with Crippen molar-refractivity contribution < 1.29 is 0 Å². The zero-order valence-corrected chi connectivity index (χ0v) is 15.1. The van der Waals surface area contributed by atoms with Crippen LogP contribution in [0.3, 0.4) is 0 Å². The molecule has 0 unspecified atom stereocenters. The van der Waals surface area contributed by atoms with Gasteiger partial charge in [0.05, 0.1) is 10.5 Å². The average Bonchev–Trinajstić information content (AvgIpc) is 2.54. The molecule has 0 aliphatic rings. The Balaban J connectivity index is 2.05. The molecule has 1 N–H and O–H groups in total. The first-order valence-corrected chi connectivity index (χ1v) is 8.41. The summed E-state index contributed by atoms with van der Waals surface area (Å²) in [6.07, 6.45) is 0. The SMILES string of the molecule is CN(C)CCNc1nc(-c2ccc(Cl)cc2Cl)nc2ccccc12. The van der Waals surface area contributed by atoms with Gasteiger partial charge in [-0.3, -0.25) is 0 Å². The molecule has 6 heteroatoms. The molecule has 1 heterocycles. The molecule has 0 saturated heterocycles. The summed E-state index contributed by atoms with van der Waals surface area (Å²) in [4.78, 5) is 11.5. The molecule has 0 radical (unpaired) electrons. The standard InChI is InChI=1S/C18H18Cl2N4/c1-24(2)10-9-21-17-14-5-3-4-6-16(14)22-18(23-17)13-8-7-12(19)11-15(13)20/h3-8,11H,9-10H2,1-2H3,(H,21,22,23). The second-order valence-electron chi connectivity index (χ2n) is 5.77. The van der Waals surface area contributed by atoms with Gasteiger partial charge in [-0.05, 0) is 44.4 Å². The maximum absolute atomic E-state index is 6.32. The summed E-state index contributed by atoms with van der Waals surface area (Å²) in [6, 6.07) is 13.3. The second kappa shape index (κ2) is 7.34. The normalized spacial score (nSPS) is 11.2. The first-order valence-electron chi connectivity index (χ1n) is 7.65. The third-order valence-corrected chi connectivity index (χ3v) is 4.17. The molecule has 4 nitrogen and oxygen atoms in total. The van der Waals surface area contributed by atoms with Crippen molar-refractivity contribution in [3.63, 3.8) is 0 Å². The van der Waals surface area contributed by atoms with E-state index in [4.69, 9.17) is 28.2 Å². The highest BCUT2D eigenvalue weighted by Gasteiger charge is 2.12. The summed E-state index contributed by atoms with van der Waals surface area (Å²) < 4.78 is 0. The van der Waals surface area contributed by atoms with Crippen LogP contribution in [0.25, 0.3) is 22.3 Å². The van der Waals surface area contributed by atoms with Crippen molar-refractivity contribution >= 4 is 39.9 Å². The van der Waals surface area contributed by atoms with Crippen molar-refractivity contribution in [1.82, 2.24) is 14.9 Å². The molecule has 0 fully saturated rings. The second-order valence-corrected chi connectivity index (χ2v) is 6.61. The number of fused-ring (bicyclic) bond motifs is 1. The monoisotopic (exact) mass is 360 g/mol. The molecule has 0 saturated carbocycles. The van der Waals surface area contributed by atoms with E-state index in [1.54, 1.807) is 12.1 Å². The summed E-state index contributed by atoms with van der Waals surface area (Å²) in [7, 11) is 4.08. The Labute approximate surface area is 151 Å². The smallest absolute Gasteiger partial charge is 0.163 e. The van der Waals surface area contributed by atoms with Gasteiger partial charge in [0.1, 0.15) is 5.82 Å². The molecule has 1 aromatic heterocycles. The highest BCUT2D eigenvalue weighted by atomic mass is 35.5. The molecule has 124 valence electrons. The zero-order chi connectivity index (χ0) is 17.1. The Morgan fingerprint density at radius 2 is 1.83 bits per heavy atom. The molecule has 0 atom stereocenters. The molecule has 24 heavy (non-hydrogen) atoms. The highest BCUT2D eigenvalue weighted by Crippen LogP contribution is 2.31. The van der Waals surface area contributed by atoms with E-state index in [0.29, 0.717) is 15.9 Å². The van der Waals surface area contributed by atoms with E-state index in [2.05, 4.69) is 15.2 Å². The maximum atomic E-state index is 6.32. The summed E-state index contributed by atoms with van der Waals surface area (Å²) >= 11 is 12.3. The van der Waals surface area contributed by atoms with Crippen molar-refractivity contribution in [1.29, 1.82) is 0 Å². The minimum Gasteiger partial charge on any atom is -0.368 e. The van der Waals surface area contributed by atoms with Crippen LogP contribution in [0, 0.1) is 0 Å². The van der Waals surface area contributed by atoms with E-state index in [9.17, 15) is 0 Å². The van der Waals surface area contributed by atoms with Crippen molar-refractivity contribution in [2.75, 3.05) is 32.5 Å². The fraction of sp³-hybridized carbons (Fsp3) is 0.222. The molecule has 0 amide bonds. The lowest BCUT2D eigenvalue weighted by Crippen LogP contribution is -2.21. The maximum Gasteiger partial charge on any atom is 0.163 e. The van der Waals surface area contributed by atoms with E-state index in [-0.39, 0.29) is 0 Å². The molecule has 0 bridgehead atoms. The third-order valence-electron chi connectivity index (χ3n) is 3.63. The lowest BCUT2D eigenvalue weighted by molar-refractivity contribution is 0.425. The summed E-state index contributed by atoms with van der Waals surface area (Å²) in [6.45, 7) is 1.71. The fourth-order valence-corrected chi connectivity index (χ4v) is 2.89. The van der Waals surface area contributed by atoms with Gasteiger partial charge in [0, 0.05) is 29.1 Å². The Morgan fingerprint density at radius 3 is 2.58 bits per heavy atom. The van der Waals surface area contributed by atoms with Gasteiger partial charge in [-0.25, -0.2) is 9.97 Å². The Bertz CT molecular complexity index is 865. The lowest BCUT2D eigenvalue weighted by atomic mass is 10.2. The molecule has 2 aromatic carbocycles. The van der Waals surface area contributed by atoms with Crippen LogP contribution < -0.4 is 5.32 Å². The van der Waals surface area contributed by atoms with E-state index in [1.807, 2.05) is 44.4 Å². The molecule has 3 rings (SSSR count). The van der Waals surface area contributed by atoms with Gasteiger partial charge >= 0.3 is 0 Å². The van der Waals surface area contributed by atoms with Gasteiger partial charge in [0.2, 0.25) is 0 Å². The van der Waals surface area contributed by atoms with E-state index in [1.165, 1.54) is 0 Å². The number of hydrogen-bond donors (Lipinski definition) is 1. The quantitative estimate of drug-likeness (QED) is 0.722. The fourth-order valence-electron chi connectivity index (χ4n) is 2.40. The van der Waals surface area contributed by atoms with Crippen LogP contribution in [-0.4, -0.2) is 42.1 Å². The van der Waals surface area contributed by atoms with Gasteiger partial charge in [-0.1, -0.05) is 35.3 Å². The van der Waals surface area contributed by atoms with Gasteiger partial charge in [0.15, 0.2) is 5.82 Å². The Kier molecular flexibility index (Phi) is 5.19. The molecular formula is C18H18Cl2N4. The first-order chi connectivity index (χ1) is 11.5. The van der Waals surface area contributed by atoms with Crippen LogP contribution in [0.1, 0.15) is 0 Å². The lowest BCUT2D eigenvalue weighted by Gasteiger charge is -2.14. The number of para-hydroxylation sites is 1. The number of hydrogen-bond acceptors (Lipinski definition) is 4. The topological polar surface area (TPSA) is 41.0 Å². The first kappa shape index (κ1) is 17.0. The molecular weight excluding hydrogens is 343 g/mol. The number of anilines is 1. The van der Waals surface area contributed by atoms with Crippen molar-refractivity contribution in [3.05, 3.63) is 52.5 Å². The van der Waals surface area contributed by atoms with Gasteiger partial charge in [-0.2, -0.15) is 0 Å². The number of benzene rings is 2. The summed E-state index contributed by atoms with van der Waals surface area (Å²) in [5.41, 5.74) is 1.64. The number of likely N-dealkylation sites (N-methyl/N-ethyl adjacent to an activating group) is 1. The molecule has 0 aliphatic carbocycles. The predicted octanol–water partition coefficient (Wildman–Crippen LogP) is 4.58. The average molecular weight is 361 g/mol. The predicted molar refractivity (Wildman–Crippen MR) is 102 cm³/mol. The van der Waals surface area contributed by atoms with Crippen LogP contribution >= 0.6 is 23.2 Å². The van der Waals surface area contributed by atoms with Crippen LogP contribution in [0.4, 0.5) is 5.82 Å². The van der Waals surface area contributed by atoms with Gasteiger partial charge in [-0.15, -0.1) is 0 Å². The number of rotatable bonds is 5. The van der Waals surface area contributed by atoms with Crippen LogP contribution in [0.2, 0.25) is 10.0 Å². The van der Waals surface area contributed by atoms with Crippen molar-refractivity contribution in [3.8, 4) is 11.4 Å². The van der Waals surface area contributed by atoms with Gasteiger partial charge in [0.25, 0.3) is 0 Å². The molecule has 0 spiro atoms. The van der Waals surface area contributed by atoms with Crippen LogP contribution in [-0.2, 0) is 0 Å². The number of nitrogens with one attached hydrogen (secondary N) is 1. The van der Waals surface area contributed by atoms with E-state index in [0.717, 1.165) is 35.4 Å². The van der Waals surface area contributed by atoms with Crippen molar-refractivity contribution in [2.45, 2.75) is 0 Å². The summed E-state index contributed by atoms with van der Waals surface area (Å²) in [5.74, 6) is 1.39. The number of aromatic nitrogens is 2. The van der Waals surface area contributed by atoms with E-state index >= 15 is 0 Å². The van der Waals surface area contributed by atoms with E-state index < -0.39 is 0 Å². The third kappa shape index (κ3) is 3.78. The Hall–Kier alpha value is -1.88. The van der Waals surface area contributed by atoms with Crippen LogP contribution in [0.5, 0.6) is 0 Å². The summed E-state index contributed by atoms with van der Waals surface area (Å²) in [5, 5.41) is 5.52. The molecule has 3 aromatic rings. The number of halogens is 2. The van der Waals surface area contributed by atoms with Crippen molar-refractivity contribution in [2.24, 2.45) is 0 Å². The highest BCUT2D eigenvalue weighted by molar-refractivity contribution is 6.36. The number of nitrogens with zero attached hydrogens (tertiary/aromatic N) is 3. The van der Waals surface area contributed by atoms with Crippen LogP contribution in [0.15, 0.2) is 42.5 Å². The largest absolute Gasteiger partial charge is 0.368 e.